The monoisotopic (exact) mass is 463 g/mol. The molecule has 1 fully saturated rings. The number of anilines is 1. The highest BCUT2D eigenvalue weighted by Crippen LogP contribution is 2.37. The summed E-state index contributed by atoms with van der Waals surface area (Å²) >= 11 is 0. The molecular weight excluding hydrogens is 438 g/mol. The van der Waals surface area contributed by atoms with Gasteiger partial charge in [0.2, 0.25) is 15.9 Å². The van der Waals surface area contributed by atoms with Crippen LogP contribution in [0, 0.1) is 5.92 Å². The van der Waals surface area contributed by atoms with E-state index in [1.54, 1.807) is 46.8 Å². The Labute approximate surface area is 192 Å². The van der Waals surface area contributed by atoms with Crippen LogP contribution in [0.5, 0.6) is 0 Å². The van der Waals surface area contributed by atoms with Crippen LogP contribution in [0.2, 0.25) is 0 Å². The van der Waals surface area contributed by atoms with Crippen molar-refractivity contribution in [1.82, 2.24) is 8.87 Å². The van der Waals surface area contributed by atoms with Gasteiger partial charge in [0, 0.05) is 49.4 Å². The summed E-state index contributed by atoms with van der Waals surface area (Å²) in [7, 11) is -3.56. The van der Waals surface area contributed by atoms with E-state index < -0.39 is 10.0 Å². The Kier molecular flexibility index (Phi) is 5.42. The van der Waals surface area contributed by atoms with Crippen molar-refractivity contribution in [3.8, 4) is 11.1 Å². The zero-order valence-electron chi connectivity index (χ0n) is 18.3. The van der Waals surface area contributed by atoms with E-state index in [2.05, 4.69) is 5.32 Å². The number of carbonyl (C=O) groups excluding carboxylic acids is 1. The van der Waals surface area contributed by atoms with Gasteiger partial charge in [-0.3, -0.25) is 9.59 Å². The van der Waals surface area contributed by atoms with Crippen LogP contribution in [0.4, 0.5) is 5.69 Å². The third-order valence-electron chi connectivity index (χ3n) is 6.47. The summed E-state index contributed by atoms with van der Waals surface area (Å²) in [4.78, 5) is 24.9. The van der Waals surface area contributed by atoms with Crippen molar-refractivity contribution in [2.45, 2.75) is 30.7 Å². The summed E-state index contributed by atoms with van der Waals surface area (Å²) in [6.07, 6.45) is 0.880. The number of piperidine rings is 1. The van der Waals surface area contributed by atoms with Gasteiger partial charge < -0.3 is 9.88 Å². The third-order valence-corrected chi connectivity index (χ3v) is 8.31. The van der Waals surface area contributed by atoms with E-state index in [1.165, 1.54) is 6.92 Å². The van der Waals surface area contributed by atoms with Crippen LogP contribution >= 0.6 is 0 Å². The van der Waals surface area contributed by atoms with Crippen LogP contribution in [-0.2, 0) is 21.4 Å². The van der Waals surface area contributed by atoms with Crippen LogP contribution in [0.15, 0.2) is 76.4 Å². The number of amides is 1. The lowest BCUT2D eigenvalue weighted by Crippen LogP contribution is -2.49. The highest BCUT2D eigenvalue weighted by Gasteiger charge is 2.39. The first kappa shape index (κ1) is 21.6. The zero-order chi connectivity index (χ0) is 23.2. The SMILES string of the molecule is CC(=O)Nc1ccc(-c2ccc3n(c2=O)C[C@H]2C[C@@H]3CN(S(=O)(=O)c3ccccc3)C2)cc1. The predicted molar refractivity (Wildman–Crippen MR) is 126 cm³/mol. The quantitative estimate of drug-likeness (QED) is 0.643. The first-order valence-electron chi connectivity index (χ1n) is 11.0. The van der Waals surface area contributed by atoms with Gasteiger partial charge in [-0.25, -0.2) is 8.42 Å². The number of aromatic nitrogens is 1. The van der Waals surface area contributed by atoms with Gasteiger partial charge in [-0.05, 0) is 54.3 Å². The van der Waals surface area contributed by atoms with E-state index in [-0.39, 0.29) is 23.3 Å². The molecule has 0 spiro atoms. The Morgan fingerprint density at radius 1 is 0.939 bits per heavy atom. The zero-order valence-corrected chi connectivity index (χ0v) is 19.1. The van der Waals surface area contributed by atoms with E-state index in [1.807, 2.05) is 28.8 Å². The Balaban J connectivity index is 1.44. The van der Waals surface area contributed by atoms with Crippen LogP contribution < -0.4 is 10.9 Å². The number of benzene rings is 2. The second-order valence-corrected chi connectivity index (χ2v) is 10.7. The standard InChI is InChI=1S/C25H25N3O4S/c1-17(29)26-21-9-7-19(8-10-21)23-11-12-24-20-13-18(15-28(24)25(23)30)14-27(16-20)33(31,32)22-5-3-2-4-6-22/h2-12,18,20H,13-16H2,1H3,(H,26,29)/t18-,20+/m0/s1. The number of fused-ring (bicyclic) bond motifs is 4. The third kappa shape index (κ3) is 4.00. The molecule has 0 radical (unpaired) electrons. The molecule has 2 bridgehead atoms. The fourth-order valence-electron chi connectivity index (χ4n) is 5.00. The van der Waals surface area contributed by atoms with Crippen molar-refractivity contribution >= 4 is 21.6 Å². The van der Waals surface area contributed by atoms with E-state index in [4.69, 9.17) is 0 Å². The summed E-state index contributed by atoms with van der Waals surface area (Å²) in [5.74, 6) is -0.0730. The highest BCUT2D eigenvalue weighted by atomic mass is 32.2. The highest BCUT2D eigenvalue weighted by molar-refractivity contribution is 7.89. The van der Waals surface area contributed by atoms with Gasteiger partial charge in [0.15, 0.2) is 0 Å². The van der Waals surface area contributed by atoms with Gasteiger partial charge in [-0.1, -0.05) is 30.3 Å². The molecule has 5 rings (SSSR count). The van der Waals surface area contributed by atoms with Gasteiger partial charge in [0.1, 0.15) is 0 Å². The van der Waals surface area contributed by atoms with Crippen molar-refractivity contribution < 1.29 is 13.2 Å². The molecule has 0 saturated carbocycles. The normalized spacial score (nSPS) is 20.2. The molecule has 170 valence electrons. The minimum Gasteiger partial charge on any atom is -0.326 e. The number of carbonyl (C=O) groups is 1. The van der Waals surface area contributed by atoms with Gasteiger partial charge >= 0.3 is 0 Å². The maximum Gasteiger partial charge on any atom is 0.258 e. The lowest BCUT2D eigenvalue weighted by atomic mass is 9.84. The second kappa shape index (κ2) is 8.28. The molecule has 3 aromatic rings. The Morgan fingerprint density at radius 2 is 1.67 bits per heavy atom. The number of pyridine rings is 1. The van der Waals surface area contributed by atoms with Crippen LogP contribution in [0.1, 0.15) is 25.0 Å². The van der Waals surface area contributed by atoms with E-state index in [9.17, 15) is 18.0 Å². The number of nitrogens with zero attached hydrogens (tertiary/aromatic N) is 2. The number of hydrogen-bond donors (Lipinski definition) is 1. The molecule has 1 N–H and O–H groups in total. The molecule has 33 heavy (non-hydrogen) atoms. The average molecular weight is 464 g/mol. The van der Waals surface area contributed by atoms with E-state index >= 15 is 0 Å². The van der Waals surface area contributed by atoms with Crippen molar-refractivity contribution in [3.63, 3.8) is 0 Å². The summed E-state index contributed by atoms with van der Waals surface area (Å²) < 4.78 is 29.7. The topological polar surface area (TPSA) is 88.5 Å². The molecule has 2 aromatic carbocycles. The Bertz CT molecular complexity index is 1370. The Morgan fingerprint density at radius 3 is 2.36 bits per heavy atom. The lowest BCUT2D eigenvalue weighted by Gasteiger charge is -2.42. The summed E-state index contributed by atoms with van der Waals surface area (Å²) in [5, 5.41) is 2.73. The second-order valence-electron chi connectivity index (χ2n) is 8.78. The molecule has 0 aliphatic carbocycles. The molecule has 3 heterocycles. The minimum atomic E-state index is -3.56. The molecule has 7 nitrogen and oxygen atoms in total. The van der Waals surface area contributed by atoms with Crippen LogP contribution in [-0.4, -0.2) is 36.3 Å². The largest absolute Gasteiger partial charge is 0.326 e. The van der Waals surface area contributed by atoms with E-state index in [0.29, 0.717) is 35.8 Å². The number of sulfonamides is 1. The summed E-state index contributed by atoms with van der Waals surface area (Å²) in [5.41, 5.74) is 2.89. The molecule has 1 aromatic heterocycles. The smallest absolute Gasteiger partial charge is 0.258 e. The molecular formula is C25H25N3O4S. The van der Waals surface area contributed by atoms with E-state index in [0.717, 1.165) is 17.7 Å². The predicted octanol–water partition coefficient (Wildman–Crippen LogP) is 3.28. The molecule has 2 atom stereocenters. The fraction of sp³-hybridized carbons (Fsp3) is 0.280. The Hall–Kier alpha value is -3.23. The van der Waals surface area contributed by atoms with Crippen molar-refractivity contribution in [2.75, 3.05) is 18.4 Å². The van der Waals surface area contributed by atoms with Crippen molar-refractivity contribution in [2.24, 2.45) is 5.92 Å². The first-order chi connectivity index (χ1) is 15.8. The lowest BCUT2D eigenvalue weighted by molar-refractivity contribution is -0.114. The number of rotatable bonds is 4. The maximum absolute atomic E-state index is 13.4. The van der Waals surface area contributed by atoms with Crippen molar-refractivity contribution in [1.29, 1.82) is 0 Å². The molecule has 2 aliphatic rings. The van der Waals surface area contributed by atoms with Crippen LogP contribution in [0.25, 0.3) is 11.1 Å². The summed E-state index contributed by atoms with van der Waals surface area (Å²) in [6, 6.07) is 19.5. The molecule has 2 aliphatic heterocycles. The van der Waals surface area contributed by atoms with Gasteiger partial charge in [0.25, 0.3) is 5.56 Å². The first-order valence-corrected chi connectivity index (χ1v) is 12.4. The number of hydrogen-bond acceptors (Lipinski definition) is 4. The minimum absolute atomic E-state index is 0.0140. The maximum atomic E-state index is 13.4. The average Bonchev–Trinajstić information content (AvgIpc) is 2.80. The number of nitrogens with one attached hydrogen (secondary N) is 1. The van der Waals surface area contributed by atoms with Crippen molar-refractivity contribution in [3.05, 3.63) is 82.8 Å². The summed E-state index contributed by atoms with van der Waals surface area (Å²) in [6.45, 7) is 2.74. The van der Waals surface area contributed by atoms with Gasteiger partial charge in [-0.2, -0.15) is 4.31 Å². The van der Waals surface area contributed by atoms with Gasteiger partial charge in [-0.15, -0.1) is 0 Å². The molecule has 0 unspecified atom stereocenters. The molecule has 1 amide bonds. The fourth-order valence-corrected chi connectivity index (χ4v) is 6.58. The molecule has 1 saturated heterocycles. The molecule has 8 heteroatoms. The van der Waals surface area contributed by atoms with Gasteiger partial charge in [0.05, 0.1) is 4.90 Å². The van der Waals surface area contributed by atoms with Crippen LogP contribution in [0.3, 0.4) is 0 Å².